The number of nitrogens with one attached hydrogen (secondary N) is 2. The highest BCUT2D eigenvalue weighted by atomic mass is 32.2. The number of benzene rings is 2. The smallest absolute Gasteiger partial charge is 0.243 e. The quantitative estimate of drug-likeness (QED) is 0.742. The summed E-state index contributed by atoms with van der Waals surface area (Å²) >= 11 is 0. The van der Waals surface area contributed by atoms with Gasteiger partial charge >= 0.3 is 0 Å². The summed E-state index contributed by atoms with van der Waals surface area (Å²) in [6.45, 7) is 1.12. The number of para-hydroxylation sites is 2. The average molecular weight is 404 g/mol. The Morgan fingerprint density at radius 1 is 1.07 bits per heavy atom. The van der Waals surface area contributed by atoms with Gasteiger partial charge in [0.25, 0.3) is 0 Å². The number of ether oxygens (including phenoxy) is 1. The van der Waals surface area contributed by atoms with Crippen molar-refractivity contribution in [2.75, 3.05) is 37.4 Å². The number of anilines is 2. The average Bonchev–Trinajstić information content (AvgIpc) is 2.73. The van der Waals surface area contributed by atoms with E-state index >= 15 is 0 Å². The first-order chi connectivity index (χ1) is 13.5. The van der Waals surface area contributed by atoms with Gasteiger partial charge in [-0.1, -0.05) is 24.6 Å². The van der Waals surface area contributed by atoms with Crippen LogP contribution < -0.4 is 15.4 Å². The molecule has 0 aliphatic carbocycles. The molecule has 28 heavy (non-hydrogen) atoms. The van der Waals surface area contributed by atoms with Crippen LogP contribution >= 0.6 is 0 Å². The van der Waals surface area contributed by atoms with E-state index in [1.54, 1.807) is 42.5 Å². The summed E-state index contributed by atoms with van der Waals surface area (Å²) in [6, 6.07) is 13.7. The van der Waals surface area contributed by atoms with Crippen molar-refractivity contribution >= 4 is 27.3 Å². The molecule has 150 valence electrons. The maximum absolute atomic E-state index is 12.8. The largest absolute Gasteiger partial charge is 0.495 e. The Hall–Kier alpha value is -2.58. The number of amides is 1. The number of carbonyl (C=O) groups is 1. The second kappa shape index (κ2) is 9.07. The second-order valence-electron chi connectivity index (χ2n) is 6.59. The van der Waals surface area contributed by atoms with Crippen LogP contribution in [-0.2, 0) is 14.8 Å². The van der Waals surface area contributed by atoms with Gasteiger partial charge in [-0.3, -0.25) is 4.79 Å². The zero-order chi connectivity index (χ0) is 20.0. The lowest BCUT2D eigenvalue weighted by Gasteiger charge is -2.26. The van der Waals surface area contributed by atoms with E-state index in [0.717, 1.165) is 19.3 Å². The fourth-order valence-electron chi connectivity index (χ4n) is 3.15. The van der Waals surface area contributed by atoms with E-state index in [2.05, 4.69) is 10.6 Å². The molecule has 1 aliphatic rings. The normalized spacial score (nSPS) is 15.0. The van der Waals surface area contributed by atoms with Crippen LogP contribution in [0.4, 0.5) is 11.4 Å². The Balaban J connectivity index is 1.64. The molecule has 3 rings (SSSR count). The molecule has 0 saturated carbocycles. The summed E-state index contributed by atoms with van der Waals surface area (Å²) in [5, 5.41) is 5.76. The Labute approximate surface area is 165 Å². The standard InChI is InChI=1S/C20H25N3O4S/c1-27-19-11-4-3-10-18(19)22-20(24)15-21-16-8-7-9-17(14-16)28(25,26)23-12-5-2-6-13-23/h3-4,7-11,14,21H,2,5-6,12-13,15H2,1H3,(H,22,24). The summed E-state index contributed by atoms with van der Waals surface area (Å²) in [7, 11) is -1.97. The summed E-state index contributed by atoms with van der Waals surface area (Å²) in [6.07, 6.45) is 2.84. The number of nitrogens with zero attached hydrogens (tertiary/aromatic N) is 1. The molecule has 0 aromatic heterocycles. The molecule has 0 spiro atoms. The summed E-state index contributed by atoms with van der Waals surface area (Å²) in [4.78, 5) is 12.5. The second-order valence-corrected chi connectivity index (χ2v) is 8.53. The molecule has 1 aliphatic heterocycles. The first kappa shape index (κ1) is 20.2. The minimum Gasteiger partial charge on any atom is -0.495 e. The molecule has 1 amide bonds. The SMILES string of the molecule is COc1ccccc1NC(=O)CNc1cccc(S(=O)(=O)N2CCCCC2)c1. The van der Waals surface area contributed by atoms with E-state index < -0.39 is 10.0 Å². The lowest BCUT2D eigenvalue weighted by atomic mass is 10.2. The van der Waals surface area contributed by atoms with Crippen LogP contribution in [0.2, 0.25) is 0 Å². The fraction of sp³-hybridized carbons (Fsp3) is 0.350. The highest BCUT2D eigenvalue weighted by molar-refractivity contribution is 7.89. The molecule has 2 N–H and O–H groups in total. The van der Waals surface area contributed by atoms with Crippen LogP contribution in [0.1, 0.15) is 19.3 Å². The van der Waals surface area contributed by atoms with E-state index in [-0.39, 0.29) is 17.3 Å². The van der Waals surface area contributed by atoms with Gasteiger partial charge in [0.2, 0.25) is 15.9 Å². The molecule has 8 heteroatoms. The molecule has 0 unspecified atom stereocenters. The molecule has 0 bridgehead atoms. The van der Waals surface area contributed by atoms with E-state index in [1.807, 2.05) is 6.07 Å². The number of piperidine rings is 1. The van der Waals surface area contributed by atoms with E-state index in [0.29, 0.717) is 30.2 Å². The van der Waals surface area contributed by atoms with Crippen molar-refractivity contribution in [1.82, 2.24) is 4.31 Å². The minimum absolute atomic E-state index is 0.00522. The zero-order valence-electron chi connectivity index (χ0n) is 15.8. The van der Waals surface area contributed by atoms with Crippen LogP contribution in [0.25, 0.3) is 0 Å². The molecule has 0 radical (unpaired) electrons. The van der Waals surface area contributed by atoms with Crippen molar-refractivity contribution in [3.8, 4) is 5.75 Å². The summed E-state index contributed by atoms with van der Waals surface area (Å²) in [5.74, 6) is 0.319. The van der Waals surface area contributed by atoms with Crippen LogP contribution in [0.15, 0.2) is 53.4 Å². The number of hydrogen-bond acceptors (Lipinski definition) is 5. The van der Waals surface area contributed by atoms with Gasteiger partial charge in [0.05, 0.1) is 24.2 Å². The van der Waals surface area contributed by atoms with Gasteiger partial charge in [0.15, 0.2) is 0 Å². The molecule has 1 fully saturated rings. The first-order valence-electron chi connectivity index (χ1n) is 9.27. The molecular formula is C20H25N3O4S. The Morgan fingerprint density at radius 2 is 1.82 bits per heavy atom. The number of rotatable bonds is 7. The molecule has 2 aromatic rings. The number of carbonyl (C=O) groups excluding carboxylic acids is 1. The van der Waals surface area contributed by atoms with Crippen molar-refractivity contribution in [2.45, 2.75) is 24.2 Å². The van der Waals surface area contributed by atoms with Crippen LogP contribution in [0.5, 0.6) is 5.75 Å². The Kier molecular flexibility index (Phi) is 6.53. The van der Waals surface area contributed by atoms with Crippen molar-refractivity contribution in [3.63, 3.8) is 0 Å². The Bertz CT molecular complexity index is 925. The van der Waals surface area contributed by atoms with Gasteiger partial charge in [-0.25, -0.2) is 8.42 Å². The van der Waals surface area contributed by atoms with Crippen LogP contribution in [-0.4, -0.2) is 45.4 Å². The number of sulfonamides is 1. The fourth-order valence-corrected chi connectivity index (χ4v) is 4.71. The highest BCUT2D eigenvalue weighted by Gasteiger charge is 2.25. The highest BCUT2D eigenvalue weighted by Crippen LogP contribution is 2.24. The molecular weight excluding hydrogens is 378 g/mol. The van der Waals surface area contributed by atoms with Crippen molar-refractivity contribution in [3.05, 3.63) is 48.5 Å². The van der Waals surface area contributed by atoms with Gasteiger partial charge in [-0.15, -0.1) is 0 Å². The van der Waals surface area contributed by atoms with Gasteiger partial charge < -0.3 is 15.4 Å². The zero-order valence-corrected chi connectivity index (χ0v) is 16.7. The molecule has 1 heterocycles. The monoisotopic (exact) mass is 403 g/mol. The van der Waals surface area contributed by atoms with Crippen molar-refractivity contribution in [1.29, 1.82) is 0 Å². The van der Waals surface area contributed by atoms with E-state index in [1.165, 1.54) is 11.4 Å². The summed E-state index contributed by atoms with van der Waals surface area (Å²) in [5.41, 5.74) is 1.16. The summed E-state index contributed by atoms with van der Waals surface area (Å²) < 4.78 is 32.3. The minimum atomic E-state index is -3.50. The predicted molar refractivity (Wildman–Crippen MR) is 109 cm³/mol. The van der Waals surface area contributed by atoms with Crippen LogP contribution in [0.3, 0.4) is 0 Å². The predicted octanol–water partition coefficient (Wildman–Crippen LogP) is 2.92. The van der Waals surface area contributed by atoms with Gasteiger partial charge in [0.1, 0.15) is 5.75 Å². The lowest BCUT2D eigenvalue weighted by molar-refractivity contribution is -0.114. The molecule has 0 atom stereocenters. The third-order valence-electron chi connectivity index (χ3n) is 4.62. The molecule has 7 nitrogen and oxygen atoms in total. The third kappa shape index (κ3) is 4.82. The third-order valence-corrected chi connectivity index (χ3v) is 6.52. The maximum Gasteiger partial charge on any atom is 0.243 e. The van der Waals surface area contributed by atoms with Crippen molar-refractivity contribution < 1.29 is 17.9 Å². The number of hydrogen-bond donors (Lipinski definition) is 2. The topological polar surface area (TPSA) is 87.7 Å². The first-order valence-corrected chi connectivity index (χ1v) is 10.7. The van der Waals surface area contributed by atoms with Gasteiger partial charge in [-0.2, -0.15) is 4.31 Å². The Morgan fingerprint density at radius 3 is 2.57 bits per heavy atom. The van der Waals surface area contributed by atoms with Gasteiger partial charge in [-0.05, 0) is 43.2 Å². The van der Waals surface area contributed by atoms with Crippen LogP contribution in [0, 0.1) is 0 Å². The van der Waals surface area contributed by atoms with Crippen molar-refractivity contribution in [2.24, 2.45) is 0 Å². The van der Waals surface area contributed by atoms with Gasteiger partial charge in [0, 0.05) is 18.8 Å². The number of methoxy groups -OCH3 is 1. The lowest BCUT2D eigenvalue weighted by Crippen LogP contribution is -2.35. The molecule has 2 aromatic carbocycles. The molecule has 1 saturated heterocycles. The van der Waals surface area contributed by atoms with E-state index in [4.69, 9.17) is 4.74 Å². The maximum atomic E-state index is 12.8. The van der Waals surface area contributed by atoms with E-state index in [9.17, 15) is 13.2 Å².